The van der Waals surface area contributed by atoms with Gasteiger partial charge in [-0.1, -0.05) is 36.4 Å². The summed E-state index contributed by atoms with van der Waals surface area (Å²) in [6, 6.07) is 13.4. The number of nitrogens with zero attached hydrogens (tertiary/aromatic N) is 1. The van der Waals surface area contributed by atoms with Crippen LogP contribution in [0.3, 0.4) is 0 Å². The molecule has 2 aromatic rings. The quantitative estimate of drug-likeness (QED) is 0.594. The number of hydrogen-bond donors (Lipinski definition) is 2. The Morgan fingerprint density at radius 3 is 2.70 bits per heavy atom. The van der Waals surface area contributed by atoms with Crippen LogP contribution in [0.15, 0.2) is 48.5 Å². The van der Waals surface area contributed by atoms with Gasteiger partial charge in [-0.3, -0.25) is 14.5 Å². The molecular formula is C24H26FN3O5. The van der Waals surface area contributed by atoms with E-state index in [9.17, 15) is 18.8 Å². The lowest BCUT2D eigenvalue weighted by atomic mass is 10.1. The lowest BCUT2D eigenvalue weighted by Crippen LogP contribution is -2.35. The Labute approximate surface area is 191 Å². The summed E-state index contributed by atoms with van der Waals surface area (Å²) in [5.74, 6) is -0.858. The number of Topliss-reactive ketones (excluding diaryl/α,β-unsaturated/α-hetero) is 1. The number of carbonyl (C=O) groups is 3. The summed E-state index contributed by atoms with van der Waals surface area (Å²) in [6.45, 7) is 2.07. The third-order valence-corrected chi connectivity index (χ3v) is 5.65. The average molecular weight is 455 g/mol. The van der Waals surface area contributed by atoms with Crippen LogP contribution in [-0.4, -0.2) is 56.7 Å². The molecule has 0 spiro atoms. The molecule has 9 heteroatoms. The standard InChI is InChI=1S/C24H26FN3O5/c25-20-12-17(6-7-19(20)22-14-26-10-11-32-22)28-15-18(33-24(28)31)13-27-23(30)9-8-21(29)16-4-2-1-3-5-16/h1-7,12,18,22,26H,8-11,13-15H2,(H,27,30)/t18-,22?/m0/s1. The second-order valence-corrected chi connectivity index (χ2v) is 7.98. The van der Waals surface area contributed by atoms with Gasteiger partial charge in [0.05, 0.1) is 31.5 Å². The van der Waals surface area contributed by atoms with Gasteiger partial charge in [0, 0.05) is 37.1 Å². The van der Waals surface area contributed by atoms with E-state index in [0.717, 1.165) is 6.54 Å². The summed E-state index contributed by atoms with van der Waals surface area (Å²) in [5, 5.41) is 5.86. The molecule has 2 heterocycles. The van der Waals surface area contributed by atoms with Crippen LogP contribution in [0.4, 0.5) is 14.9 Å². The number of carbonyl (C=O) groups excluding carboxylic acids is 3. The molecule has 0 aliphatic carbocycles. The van der Waals surface area contributed by atoms with Crippen molar-refractivity contribution < 1.29 is 28.2 Å². The summed E-state index contributed by atoms with van der Waals surface area (Å²) >= 11 is 0. The van der Waals surface area contributed by atoms with Gasteiger partial charge in [0.25, 0.3) is 0 Å². The first-order valence-electron chi connectivity index (χ1n) is 11.0. The fourth-order valence-corrected chi connectivity index (χ4v) is 3.86. The minimum atomic E-state index is -0.601. The molecule has 4 rings (SSSR count). The number of benzene rings is 2. The largest absolute Gasteiger partial charge is 0.442 e. The molecular weight excluding hydrogens is 429 g/mol. The van der Waals surface area contributed by atoms with Gasteiger partial charge < -0.3 is 20.1 Å². The normalized spacial score (nSPS) is 20.4. The maximum Gasteiger partial charge on any atom is 0.414 e. The van der Waals surface area contributed by atoms with Crippen LogP contribution in [0.5, 0.6) is 0 Å². The maximum atomic E-state index is 14.7. The lowest BCUT2D eigenvalue weighted by molar-refractivity contribution is -0.121. The van der Waals surface area contributed by atoms with E-state index in [1.807, 2.05) is 6.07 Å². The van der Waals surface area contributed by atoms with Crippen LogP contribution in [0, 0.1) is 5.82 Å². The Hall–Kier alpha value is -3.30. The lowest BCUT2D eigenvalue weighted by Gasteiger charge is -2.25. The van der Waals surface area contributed by atoms with Gasteiger partial charge in [0.1, 0.15) is 11.9 Å². The zero-order valence-electron chi connectivity index (χ0n) is 18.1. The van der Waals surface area contributed by atoms with Crippen molar-refractivity contribution in [3.8, 4) is 0 Å². The van der Waals surface area contributed by atoms with Crippen LogP contribution < -0.4 is 15.5 Å². The van der Waals surface area contributed by atoms with Gasteiger partial charge >= 0.3 is 6.09 Å². The molecule has 174 valence electrons. The summed E-state index contributed by atoms with van der Waals surface area (Å²) in [4.78, 5) is 37.8. The highest BCUT2D eigenvalue weighted by Crippen LogP contribution is 2.28. The monoisotopic (exact) mass is 455 g/mol. The van der Waals surface area contributed by atoms with Gasteiger partial charge in [-0.05, 0) is 12.1 Å². The molecule has 2 fully saturated rings. The van der Waals surface area contributed by atoms with Crippen molar-refractivity contribution >= 4 is 23.5 Å². The van der Waals surface area contributed by atoms with E-state index in [2.05, 4.69) is 10.6 Å². The van der Waals surface area contributed by atoms with E-state index >= 15 is 0 Å². The van der Waals surface area contributed by atoms with Crippen molar-refractivity contribution in [2.75, 3.05) is 37.7 Å². The Kier molecular flexibility index (Phi) is 7.31. The Morgan fingerprint density at radius 2 is 1.97 bits per heavy atom. The number of cyclic esters (lactones) is 1. The minimum Gasteiger partial charge on any atom is -0.442 e. The smallest absolute Gasteiger partial charge is 0.414 e. The van der Waals surface area contributed by atoms with Crippen molar-refractivity contribution in [2.24, 2.45) is 0 Å². The summed E-state index contributed by atoms with van der Waals surface area (Å²) in [7, 11) is 0. The second-order valence-electron chi connectivity index (χ2n) is 7.98. The van der Waals surface area contributed by atoms with E-state index in [4.69, 9.17) is 9.47 Å². The van der Waals surface area contributed by atoms with Crippen molar-refractivity contribution in [2.45, 2.75) is 25.0 Å². The van der Waals surface area contributed by atoms with Gasteiger partial charge in [0.2, 0.25) is 5.91 Å². The van der Waals surface area contributed by atoms with Crippen molar-refractivity contribution in [3.05, 3.63) is 65.5 Å². The highest BCUT2D eigenvalue weighted by atomic mass is 19.1. The second kappa shape index (κ2) is 10.5. The predicted octanol–water partition coefficient (Wildman–Crippen LogP) is 2.59. The van der Waals surface area contributed by atoms with E-state index in [-0.39, 0.29) is 43.7 Å². The highest BCUT2D eigenvalue weighted by Gasteiger charge is 2.33. The predicted molar refractivity (Wildman–Crippen MR) is 119 cm³/mol. The Morgan fingerprint density at radius 1 is 1.15 bits per heavy atom. The number of rotatable bonds is 8. The zero-order valence-corrected chi connectivity index (χ0v) is 18.1. The Balaban J connectivity index is 1.26. The molecule has 2 aliphatic rings. The van der Waals surface area contributed by atoms with Crippen molar-refractivity contribution in [1.82, 2.24) is 10.6 Å². The summed E-state index contributed by atoms with van der Waals surface area (Å²) < 4.78 is 25.6. The topological polar surface area (TPSA) is 97.0 Å². The molecule has 8 nitrogen and oxygen atoms in total. The Bertz CT molecular complexity index is 1010. The number of morpholine rings is 1. The van der Waals surface area contributed by atoms with Gasteiger partial charge in [-0.2, -0.15) is 0 Å². The molecule has 33 heavy (non-hydrogen) atoms. The van der Waals surface area contributed by atoms with Gasteiger partial charge in [-0.25, -0.2) is 9.18 Å². The fourth-order valence-electron chi connectivity index (χ4n) is 3.86. The number of hydrogen-bond acceptors (Lipinski definition) is 6. The zero-order chi connectivity index (χ0) is 23.2. The van der Waals surface area contributed by atoms with E-state index in [1.165, 1.54) is 11.0 Å². The number of amides is 2. The van der Waals surface area contributed by atoms with E-state index in [1.54, 1.807) is 36.4 Å². The third kappa shape index (κ3) is 5.74. The van der Waals surface area contributed by atoms with Crippen LogP contribution in [0.2, 0.25) is 0 Å². The number of ketones is 1. The van der Waals surface area contributed by atoms with Crippen LogP contribution in [-0.2, 0) is 14.3 Å². The molecule has 2 aliphatic heterocycles. The number of nitrogens with one attached hydrogen (secondary N) is 2. The molecule has 2 amide bonds. The van der Waals surface area contributed by atoms with E-state index in [0.29, 0.717) is 30.0 Å². The number of ether oxygens (including phenoxy) is 2. The fraction of sp³-hybridized carbons (Fsp3) is 0.375. The summed E-state index contributed by atoms with van der Waals surface area (Å²) in [5.41, 5.74) is 1.38. The molecule has 0 bridgehead atoms. The molecule has 2 saturated heterocycles. The summed E-state index contributed by atoms with van der Waals surface area (Å²) in [6.07, 6.45) is -1.40. The van der Waals surface area contributed by atoms with Gasteiger partial charge in [0.15, 0.2) is 5.78 Å². The third-order valence-electron chi connectivity index (χ3n) is 5.65. The SMILES string of the molecule is O=C(CCC(=O)c1ccccc1)NC[C@H]1CN(c2ccc(C3CNCCO3)c(F)c2)C(=O)O1. The van der Waals surface area contributed by atoms with Crippen LogP contribution >= 0.6 is 0 Å². The van der Waals surface area contributed by atoms with Crippen molar-refractivity contribution in [1.29, 1.82) is 0 Å². The maximum absolute atomic E-state index is 14.7. The molecule has 1 unspecified atom stereocenters. The molecule has 2 aromatic carbocycles. The van der Waals surface area contributed by atoms with Gasteiger partial charge in [-0.15, -0.1) is 0 Å². The molecule has 0 saturated carbocycles. The molecule has 2 atom stereocenters. The average Bonchev–Trinajstić information content (AvgIpc) is 3.22. The van der Waals surface area contributed by atoms with Crippen molar-refractivity contribution in [3.63, 3.8) is 0 Å². The minimum absolute atomic E-state index is 0.0445. The highest BCUT2D eigenvalue weighted by molar-refractivity contribution is 5.97. The molecule has 0 aromatic heterocycles. The van der Waals surface area contributed by atoms with E-state index < -0.39 is 18.0 Å². The first-order chi connectivity index (χ1) is 16.0. The molecule has 0 radical (unpaired) electrons. The first-order valence-corrected chi connectivity index (χ1v) is 11.0. The van der Waals surface area contributed by atoms with Crippen LogP contribution in [0.1, 0.15) is 34.9 Å². The molecule has 2 N–H and O–H groups in total. The number of anilines is 1. The van der Waals surface area contributed by atoms with Crippen LogP contribution in [0.25, 0.3) is 0 Å². The number of halogens is 1. The first kappa shape index (κ1) is 22.9.